The number of nitrogens with one attached hydrogen (secondary N) is 1. The molecule has 0 spiro atoms. The lowest BCUT2D eigenvalue weighted by molar-refractivity contribution is -0.134. The number of amides is 1. The fourth-order valence-corrected chi connectivity index (χ4v) is 1.94. The van der Waals surface area contributed by atoms with Gasteiger partial charge in [-0.2, -0.15) is 0 Å². The van der Waals surface area contributed by atoms with E-state index in [4.69, 9.17) is 9.15 Å². The molecule has 1 N–H and O–H groups in total. The zero-order valence-corrected chi connectivity index (χ0v) is 12.7. The molecule has 0 saturated carbocycles. The molecule has 0 saturated heterocycles. The van der Waals surface area contributed by atoms with Crippen LogP contribution in [0.1, 0.15) is 34.5 Å². The molecule has 0 aliphatic carbocycles. The second-order valence-electron chi connectivity index (χ2n) is 5.01. The van der Waals surface area contributed by atoms with Crippen molar-refractivity contribution in [1.82, 2.24) is 5.32 Å². The Labute approximate surface area is 129 Å². The Morgan fingerprint density at radius 3 is 2.73 bits per heavy atom. The van der Waals surface area contributed by atoms with Crippen molar-refractivity contribution in [3.05, 3.63) is 53.5 Å². The minimum atomic E-state index is -0.305. The molecule has 0 bridgehead atoms. The van der Waals surface area contributed by atoms with Crippen LogP contribution in [0.15, 0.2) is 41.0 Å². The molecule has 0 radical (unpaired) electrons. The van der Waals surface area contributed by atoms with Gasteiger partial charge in [-0.25, -0.2) is 0 Å². The molecule has 5 heteroatoms. The second kappa shape index (κ2) is 7.45. The first-order chi connectivity index (χ1) is 10.6. The van der Waals surface area contributed by atoms with E-state index in [-0.39, 0.29) is 24.1 Å². The highest BCUT2D eigenvalue weighted by Gasteiger charge is 2.10. The first-order valence-corrected chi connectivity index (χ1v) is 7.16. The van der Waals surface area contributed by atoms with Gasteiger partial charge in [0.2, 0.25) is 0 Å². The molecular formula is C17H19NO4. The van der Waals surface area contributed by atoms with Gasteiger partial charge in [0.15, 0.2) is 5.76 Å². The van der Waals surface area contributed by atoms with Gasteiger partial charge in [0.25, 0.3) is 5.91 Å². The van der Waals surface area contributed by atoms with Gasteiger partial charge in [-0.05, 0) is 49.6 Å². The third-order valence-electron chi connectivity index (χ3n) is 3.37. The second-order valence-corrected chi connectivity index (χ2v) is 5.01. The molecule has 0 atom stereocenters. The monoisotopic (exact) mass is 301 g/mol. The summed E-state index contributed by atoms with van der Waals surface area (Å²) in [4.78, 5) is 23.4. The number of hydrogen-bond donors (Lipinski definition) is 1. The third kappa shape index (κ3) is 4.22. The molecular weight excluding hydrogens is 282 g/mol. The van der Waals surface area contributed by atoms with Crippen LogP contribution < -0.4 is 10.1 Å². The van der Waals surface area contributed by atoms with Gasteiger partial charge in [-0.3, -0.25) is 9.59 Å². The maximum atomic E-state index is 11.8. The summed E-state index contributed by atoms with van der Waals surface area (Å²) >= 11 is 0. The summed E-state index contributed by atoms with van der Waals surface area (Å²) in [5.74, 6) is 0.261. The van der Waals surface area contributed by atoms with E-state index in [1.807, 2.05) is 26.0 Å². The van der Waals surface area contributed by atoms with E-state index >= 15 is 0 Å². The Morgan fingerprint density at radius 2 is 2.00 bits per heavy atom. The number of hydrogen-bond acceptors (Lipinski definition) is 4. The lowest BCUT2D eigenvalue weighted by Gasteiger charge is -2.09. The predicted octanol–water partition coefficient (Wildman–Crippen LogP) is 3.01. The summed E-state index contributed by atoms with van der Waals surface area (Å²) in [7, 11) is 0. The highest BCUT2D eigenvalue weighted by atomic mass is 16.5. The molecule has 22 heavy (non-hydrogen) atoms. The van der Waals surface area contributed by atoms with Crippen molar-refractivity contribution in [3.8, 4) is 5.75 Å². The van der Waals surface area contributed by atoms with E-state index in [9.17, 15) is 9.59 Å². The average Bonchev–Trinajstić information content (AvgIpc) is 3.02. The van der Waals surface area contributed by atoms with Crippen molar-refractivity contribution < 1.29 is 18.7 Å². The maximum absolute atomic E-state index is 11.8. The van der Waals surface area contributed by atoms with E-state index in [1.54, 1.807) is 18.2 Å². The van der Waals surface area contributed by atoms with Gasteiger partial charge in [0.05, 0.1) is 6.26 Å². The standard InChI is InChI=1S/C17H19NO4/c1-12-6-3-7-14(13(12)2)22-16(19)9-4-10-18-17(20)15-8-5-11-21-15/h3,5-8,11H,4,9-10H2,1-2H3,(H,18,20). The predicted molar refractivity (Wildman–Crippen MR) is 81.8 cm³/mol. The Bertz CT molecular complexity index is 647. The maximum Gasteiger partial charge on any atom is 0.311 e. The Hall–Kier alpha value is -2.56. The number of esters is 1. The minimum Gasteiger partial charge on any atom is -0.459 e. The van der Waals surface area contributed by atoms with Crippen LogP contribution in [0.2, 0.25) is 0 Å². The van der Waals surface area contributed by atoms with Crippen molar-refractivity contribution >= 4 is 11.9 Å². The van der Waals surface area contributed by atoms with Crippen molar-refractivity contribution in [2.75, 3.05) is 6.54 Å². The number of carbonyl (C=O) groups is 2. The number of rotatable bonds is 6. The summed E-state index contributed by atoms with van der Waals surface area (Å²) < 4.78 is 10.3. The van der Waals surface area contributed by atoms with Crippen molar-refractivity contribution in [2.45, 2.75) is 26.7 Å². The Kier molecular flexibility index (Phi) is 5.36. The summed E-state index contributed by atoms with van der Waals surface area (Å²) in [6, 6.07) is 8.84. The molecule has 5 nitrogen and oxygen atoms in total. The normalized spacial score (nSPS) is 10.3. The van der Waals surface area contributed by atoms with Crippen LogP contribution in [-0.2, 0) is 4.79 Å². The number of carbonyl (C=O) groups excluding carboxylic acids is 2. The molecule has 1 heterocycles. The fourth-order valence-electron chi connectivity index (χ4n) is 1.94. The fraction of sp³-hybridized carbons (Fsp3) is 0.294. The SMILES string of the molecule is Cc1cccc(OC(=O)CCCNC(=O)c2ccco2)c1C. The zero-order valence-electron chi connectivity index (χ0n) is 12.7. The quantitative estimate of drug-likeness (QED) is 0.506. The Morgan fingerprint density at radius 1 is 1.18 bits per heavy atom. The van der Waals surface area contributed by atoms with Gasteiger partial charge in [-0.1, -0.05) is 12.1 Å². The topological polar surface area (TPSA) is 68.5 Å². The molecule has 116 valence electrons. The summed E-state index contributed by atoms with van der Waals surface area (Å²) in [5, 5.41) is 2.68. The van der Waals surface area contributed by atoms with Crippen LogP contribution >= 0.6 is 0 Å². The molecule has 0 unspecified atom stereocenters. The number of benzene rings is 1. The van der Waals surface area contributed by atoms with Crippen molar-refractivity contribution in [2.24, 2.45) is 0 Å². The summed E-state index contributed by atoms with van der Waals surface area (Å²) in [5.41, 5.74) is 2.04. The first-order valence-electron chi connectivity index (χ1n) is 7.16. The molecule has 1 aromatic carbocycles. The molecule has 2 rings (SSSR count). The largest absolute Gasteiger partial charge is 0.459 e. The van der Waals surface area contributed by atoms with Gasteiger partial charge < -0.3 is 14.5 Å². The smallest absolute Gasteiger partial charge is 0.311 e. The molecule has 0 aliphatic heterocycles. The molecule has 1 amide bonds. The van der Waals surface area contributed by atoms with E-state index in [0.29, 0.717) is 18.7 Å². The van der Waals surface area contributed by atoms with Gasteiger partial charge in [-0.15, -0.1) is 0 Å². The summed E-state index contributed by atoms with van der Waals surface area (Å²) in [6.45, 7) is 4.28. The van der Waals surface area contributed by atoms with Crippen molar-refractivity contribution in [3.63, 3.8) is 0 Å². The first kappa shape index (κ1) is 15.8. The van der Waals surface area contributed by atoms with Gasteiger partial charge in [0, 0.05) is 13.0 Å². The zero-order chi connectivity index (χ0) is 15.9. The van der Waals surface area contributed by atoms with Crippen LogP contribution in [-0.4, -0.2) is 18.4 Å². The van der Waals surface area contributed by atoms with Crippen molar-refractivity contribution in [1.29, 1.82) is 0 Å². The summed E-state index contributed by atoms with van der Waals surface area (Å²) in [6.07, 6.45) is 2.19. The van der Waals surface area contributed by atoms with E-state index in [1.165, 1.54) is 6.26 Å². The molecule has 1 aromatic heterocycles. The molecule has 2 aromatic rings. The number of furan rings is 1. The highest BCUT2D eigenvalue weighted by Crippen LogP contribution is 2.21. The van der Waals surface area contributed by atoms with Crippen LogP contribution in [0.5, 0.6) is 5.75 Å². The number of ether oxygens (including phenoxy) is 1. The van der Waals surface area contributed by atoms with Gasteiger partial charge in [0.1, 0.15) is 5.75 Å². The highest BCUT2D eigenvalue weighted by molar-refractivity contribution is 5.91. The van der Waals surface area contributed by atoms with Crippen LogP contribution in [0, 0.1) is 13.8 Å². The van der Waals surface area contributed by atoms with E-state index in [2.05, 4.69) is 5.32 Å². The van der Waals surface area contributed by atoms with E-state index in [0.717, 1.165) is 11.1 Å². The van der Waals surface area contributed by atoms with Crippen LogP contribution in [0.25, 0.3) is 0 Å². The van der Waals surface area contributed by atoms with E-state index < -0.39 is 0 Å². The minimum absolute atomic E-state index is 0.242. The number of aryl methyl sites for hydroxylation is 1. The Balaban J connectivity index is 1.72. The van der Waals surface area contributed by atoms with Crippen LogP contribution in [0.3, 0.4) is 0 Å². The van der Waals surface area contributed by atoms with Crippen LogP contribution in [0.4, 0.5) is 0 Å². The lowest BCUT2D eigenvalue weighted by Crippen LogP contribution is -2.24. The molecule has 0 aliphatic rings. The third-order valence-corrected chi connectivity index (χ3v) is 3.37. The average molecular weight is 301 g/mol. The lowest BCUT2D eigenvalue weighted by atomic mass is 10.1. The van der Waals surface area contributed by atoms with Gasteiger partial charge >= 0.3 is 5.97 Å². The molecule has 0 fully saturated rings.